The summed E-state index contributed by atoms with van der Waals surface area (Å²) in [6, 6.07) is 7.66. The Balaban J connectivity index is 1.91. The Bertz CT molecular complexity index is 486. The lowest BCUT2D eigenvalue weighted by atomic mass is 10.1. The number of benzene rings is 1. The molecule has 0 atom stereocenters. The van der Waals surface area contributed by atoms with Crippen molar-refractivity contribution in [1.82, 2.24) is 10.6 Å². The Morgan fingerprint density at radius 3 is 2.21 bits per heavy atom. The van der Waals surface area contributed by atoms with Gasteiger partial charge in [0.25, 0.3) is 0 Å². The standard InChI is InChI=1S/C14H18N2O3/c1-14(2,12(17)18)16-13(19)15-11-7-9-5-3-4-6-10(9)8-11/h3-6,11H,7-8H2,1-2H3,(H,17,18)(H2,15,16,19). The maximum atomic E-state index is 11.8. The van der Waals surface area contributed by atoms with Crippen LogP contribution < -0.4 is 10.6 Å². The minimum absolute atomic E-state index is 0.0296. The fourth-order valence-corrected chi connectivity index (χ4v) is 2.22. The van der Waals surface area contributed by atoms with Crippen LogP contribution in [0.1, 0.15) is 25.0 Å². The third kappa shape index (κ3) is 3.05. The van der Waals surface area contributed by atoms with Crippen molar-refractivity contribution in [1.29, 1.82) is 0 Å². The Labute approximate surface area is 112 Å². The fraction of sp³-hybridized carbons (Fsp3) is 0.429. The van der Waals surface area contributed by atoms with Crippen LogP contribution in [0.5, 0.6) is 0 Å². The second kappa shape index (κ2) is 4.91. The number of carboxylic acids is 1. The van der Waals surface area contributed by atoms with Crippen LogP contribution in [0.25, 0.3) is 0 Å². The number of carboxylic acid groups (broad SMARTS) is 1. The zero-order valence-corrected chi connectivity index (χ0v) is 11.1. The quantitative estimate of drug-likeness (QED) is 0.768. The Morgan fingerprint density at radius 1 is 1.21 bits per heavy atom. The number of hydrogen-bond acceptors (Lipinski definition) is 2. The van der Waals surface area contributed by atoms with Crippen LogP contribution in [0.15, 0.2) is 24.3 Å². The van der Waals surface area contributed by atoms with E-state index in [4.69, 9.17) is 5.11 Å². The van der Waals surface area contributed by atoms with Gasteiger partial charge in [0, 0.05) is 6.04 Å². The normalized spacial score (nSPS) is 14.8. The van der Waals surface area contributed by atoms with Gasteiger partial charge in [-0.15, -0.1) is 0 Å². The summed E-state index contributed by atoms with van der Waals surface area (Å²) in [6.07, 6.45) is 1.58. The number of rotatable bonds is 3. The highest BCUT2D eigenvalue weighted by atomic mass is 16.4. The molecule has 1 aromatic carbocycles. The van der Waals surface area contributed by atoms with Crippen molar-refractivity contribution >= 4 is 12.0 Å². The van der Waals surface area contributed by atoms with Crippen molar-refractivity contribution in [3.8, 4) is 0 Å². The molecule has 1 aromatic rings. The van der Waals surface area contributed by atoms with E-state index in [-0.39, 0.29) is 6.04 Å². The first kappa shape index (κ1) is 13.4. The first-order chi connectivity index (χ1) is 8.88. The van der Waals surface area contributed by atoms with E-state index in [1.807, 2.05) is 12.1 Å². The number of nitrogens with one attached hydrogen (secondary N) is 2. The molecule has 0 saturated heterocycles. The van der Waals surface area contributed by atoms with E-state index in [1.54, 1.807) is 0 Å². The molecule has 0 spiro atoms. The SMILES string of the molecule is CC(C)(NC(=O)NC1Cc2ccccc2C1)C(=O)O. The van der Waals surface area contributed by atoms with Gasteiger partial charge in [-0.25, -0.2) is 9.59 Å². The van der Waals surface area contributed by atoms with Gasteiger partial charge in [-0.2, -0.15) is 0 Å². The maximum Gasteiger partial charge on any atom is 0.328 e. The zero-order valence-electron chi connectivity index (χ0n) is 11.1. The van der Waals surface area contributed by atoms with E-state index in [0.717, 1.165) is 12.8 Å². The highest BCUT2D eigenvalue weighted by molar-refractivity contribution is 5.85. The number of carbonyl (C=O) groups excluding carboxylic acids is 1. The molecule has 0 aromatic heterocycles. The number of urea groups is 1. The van der Waals surface area contributed by atoms with Crippen molar-refractivity contribution in [2.24, 2.45) is 0 Å². The van der Waals surface area contributed by atoms with Gasteiger partial charge in [0.15, 0.2) is 0 Å². The fourth-order valence-electron chi connectivity index (χ4n) is 2.22. The van der Waals surface area contributed by atoms with Gasteiger partial charge in [-0.05, 0) is 37.8 Å². The van der Waals surface area contributed by atoms with E-state index in [2.05, 4.69) is 22.8 Å². The average molecular weight is 262 g/mol. The number of aliphatic carboxylic acids is 1. The molecule has 1 aliphatic rings. The lowest BCUT2D eigenvalue weighted by molar-refractivity contribution is -0.142. The molecular weight excluding hydrogens is 244 g/mol. The molecule has 0 bridgehead atoms. The van der Waals surface area contributed by atoms with Crippen LogP contribution in [0.4, 0.5) is 4.79 Å². The summed E-state index contributed by atoms with van der Waals surface area (Å²) in [7, 11) is 0. The highest BCUT2D eigenvalue weighted by Gasteiger charge is 2.30. The molecule has 1 aliphatic carbocycles. The van der Waals surface area contributed by atoms with Crippen LogP contribution in [0.2, 0.25) is 0 Å². The monoisotopic (exact) mass is 262 g/mol. The number of amides is 2. The van der Waals surface area contributed by atoms with E-state index in [0.29, 0.717) is 0 Å². The predicted molar refractivity (Wildman–Crippen MR) is 71.0 cm³/mol. The summed E-state index contributed by atoms with van der Waals surface area (Å²) in [4.78, 5) is 22.7. The summed E-state index contributed by atoms with van der Waals surface area (Å²) < 4.78 is 0. The molecule has 102 valence electrons. The van der Waals surface area contributed by atoms with E-state index >= 15 is 0 Å². The molecule has 0 fully saturated rings. The highest BCUT2D eigenvalue weighted by Crippen LogP contribution is 2.21. The largest absolute Gasteiger partial charge is 0.480 e. The van der Waals surface area contributed by atoms with Gasteiger partial charge in [0.2, 0.25) is 0 Å². The van der Waals surface area contributed by atoms with Crippen LogP contribution >= 0.6 is 0 Å². The van der Waals surface area contributed by atoms with Crippen molar-refractivity contribution in [3.63, 3.8) is 0 Å². The molecule has 19 heavy (non-hydrogen) atoms. The smallest absolute Gasteiger partial charge is 0.328 e. The predicted octanol–water partition coefficient (Wildman–Crippen LogP) is 1.32. The van der Waals surface area contributed by atoms with Crippen molar-refractivity contribution in [2.45, 2.75) is 38.3 Å². The first-order valence-corrected chi connectivity index (χ1v) is 6.27. The molecule has 3 N–H and O–H groups in total. The van der Waals surface area contributed by atoms with Gasteiger partial charge < -0.3 is 15.7 Å². The van der Waals surface area contributed by atoms with Gasteiger partial charge >= 0.3 is 12.0 Å². The molecular formula is C14H18N2O3. The molecule has 0 radical (unpaired) electrons. The Kier molecular flexibility index (Phi) is 3.46. The summed E-state index contributed by atoms with van der Waals surface area (Å²) in [5.41, 5.74) is 1.21. The molecule has 0 heterocycles. The van der Waals surface area contributed by atoms with Crippen LogP contribution in [-0.4, -0.2) is 28.7 Å². The Hall–Kier alpha value is -2.04. The second-order valence-electron chi connectivity index (χ2n) is 5.40. The van der Waals surface area contributed by atoms with Crippen LogP contribution in [-0.2, 0) is 17.6 Å². The lowest BCUT2D eigenvalue weighted by Crippen LogP contribution is -2.55. The lowest BCUT2D eigenvalue weighted by Gasteiger charge is -2.22. The minimum Gasteiger partial charge on any atom is -0.480 e. The Morgan fingerprint density at radius 2 is 1.74 bits per heavy atom. The third-order valence-corrected chi connectivity index (χ3v) is 3.35. The summed E-state index contributed by atoms with van der Waals surface area (Å²) in [5.74, 6) is -1.06. The summed E-state index contributed by atoms with van der Waals surface area (Å²) >= 11 is 0. The van der Waals surface area contributed by atoms with Gasteiger partial charge in [-0.3, -0.25) is 0 Å². The van der Waals surface area contributed by atoms with Gasteiger partial charge in [0.05, 0.1) is 0 Å². The number of carbonyl (C=O) groups is 2. The average Bonchev–Trinajstić information content (AvgIpc) is 2.69. The molecule has 5 heteroatoms. The molecule has 2 amide bonds. The number of fused-ring (bicyclic) bond motifs is 1. The van der Waals surface area contributed by atoms with Gasteiger partial charge in [-0.1, -0.05) is 24.3 Å². The maximum absolute atomic E-state index is 11.8. The first-order valence-electron chi connectivity index (χ1n) is 6.27. The second-order valence-corrected chi connectivity index (χ2v) is 5.40. The zero-order chi connectivity index (χ0) is 14.0. The molecule has 0 aliphatic heterocycles. The van der Waals surface area contributed by atoms with Crippen LogP contribution in [0, 0.1) is 0 Å². The summed E-state index contributed by atoms with van der Waals surface area (Å²) in [6.45, 7) is 2.91. The van der Waals surface area contributed by atoms with E-state index in [9.17, 15) is 9.59 Å². The molecule has 2 rings (SSSR count). The van der Waals surface area contributed by atoms with Crippen molar-refractivity contribution in [2.75, 3.05) is 0 Å². The summed E-state index contributed by atoms with van der Waals surface area (Å²) in [5, 5.41) is 14.2. The van der Waals surface area contributed by atoms with Crippen LogP contribution in [0.3, 0.4) is 0 Å². The van der Waals surface area contributed by atoms with E-state index < -0.39 is 17.5 Å². The molecule has 0 saturated carbocycles. The third-order valence-electron chi connectivity index (χ3n) is 3.35. The van der Waals surface area contributed by atoms with E-state index in [1.165, 1.54) is 25.0 Å². The molecule has 5 nitrogen and oxygen atoms in total. The van der Waals surface area contributed by atoms with Crippen molar-refractivity contribution < 1.29 is 14.7 Å². The molecule has 0 unspecified atom stereocenters. The van der Waals surface area contributed by atoms with Gasteiger partial charge in [0.1, 0.15) is 5.54 Å². The van der Waals surface area contributed by atoms with Crippen molar-refractivity contribution in [3.05, 3.63) is 35.4 Å². The number of hydrogen-bond donors (Lipinski definition) is 3. The minimum atomic E-state index is -1.27. The topological polar surface area (TPSA) is 78.4 Å².